The summed E-state index contributed by atoms with van der Waals surface area (Å²) in [6.45, 7) is 2.86. The molecule has 0 bridgehead atoms. The second kappa shape index (κ2) is 8.40. The van der Waals surface area contributed by atoms with Crippen LogP contribution in [0.2, 0.25) is 0 Å². The number of hydrogen-bond donors (Lipinski definition) is 0. The van der Waals surface area contributed by atoms with Crippen LogP contribution >= 0.6 is 23.1 Å². The number of aryl methyl sites for hydroxylation is 1. The number of thioether (sulfide) groups is 1. The first-order chi connectivity index (χ1) is 13.6. The zero-order valence-electron chi connectivity index (χ0n) is 15.3. The average molecular weight is 419 g/mol. The SMILES string of the molecule is CCc1ncnc(OC2CCN(C(=O)CSc3nc4ccccc4s3)C2)c1F. The summed E-state index contributed by atoms with van der Waals surface area (Å²) < 4.78 is 21.9. The number of benzene rings is 1. The lowest BCUT2D eigenvalue weighted by Crippen LogP contribution is -2.32. The second-order valence-corrected chi connectivity index (χ2v) is 8.65. The summed E-state index contributed by atoms with van der Waals surface area (Å²) in [5, 5.41) is 0. The largest absolute Gasteiger partial charge is 0.470 e. The van der Waals surface area contributed by atoms with E-state index in [1.807, 2.05) is 31.2 Å². The van der Waals surface area contributed by atoms with Crippen molar-refractivity contribution in [1.29, 1.82) is 0 Å². The van der Waals surface area contributed by atoms with Crippen molar-refractivity contribution in [2.24, 2.45) is 0 Å². The van der Waals surface area contributed by atoms with Crippen molar-refractivity contribution in [3.63, 3.8) is 0 Å². The van der Waals surface area contributed by atoms with Crippen LogP contribution in [0.15, 0.2) is 34.9 Å². The van der Waals surface area contributed by atoms with Gasteiger partial charge in [-0.15, -0.1) is 11.3 Å². The lowest BCUT2D eigenvalue weighted by atomic mass is 10.3. The van der Waals surface area contributed by atoms with Crippen LogP contribution in [-0.4, -0.2) is 50.7 Å². The highest BCUT2D eigenvalue weighted by Crippen LogP contribution is 2.30. The van der Waals surface area contributed by atoms with Crippen molar-refractivity contribution in [2.75, 3.05) is 18.8 Å². The van der Waals surface area contributed by atoms with Gasteiger partial charge in [-0.05, 0) is 18.6 Å². The molecule has 1 saturated heterocycles. The first-order valence-electron chi connectivity index (χ1n) is 9.06. The number of para-hydroxylation sites is 1. The molecule has 0 radical (unpaired) electrons. The minimum Gasteiger partial charge on any atom is -0.470 e. The molecule has 4 rings (SSSR count). The van der Waals surface area contributed by atoms with Crippen LogP contribution in [-0.2, 0) is 11.2 Å². The Labute approximate surface area is 170 Å². The minimum atomic E-state index is -0.513. The maximum Gasteiger partial charge on any atom is 0.254 e. The van der Waals surface area contributed by atoms with Crippen LogP contribution in [0, 0.1) is 5.82 Å². The number of hydrogen-bond acceptors (Lipinski definition) is 7. The highest BCUT2D eigenvalue weighted by molar-refractivity contribution is 8.01. The van der Waals surface area contributed by atoms with Crippen molar-refractivity contribution in [2.45, 2.75) is 30.2 Å². The Morgan fingerprint density at radius 1 is 1.39 bits per heavy atom. The molecule has 2 aromatic heterocycles. The third kappa shape index (κ3) is 4.10. The summed E-state index contributed by atoms with van der Waals surface area (Å²) in [5.41, 5.74) is 1.29. The molecule has 146 valence electrons. The van der Waals surface area contributed by atoms with Gasteiger partial charge >= 0.3 is 0 Å². The number of halogens is 1. The molecule has 1 aliphatic rings. The molecule has 3 heterocycles. The van der Waals surface area contributed by atoms with Crippen LogP contribution in [0.25, 0.3) is 10.2 Å². The quantitative estimate of drug-likeness (QED) is 0.570. The Bertz CT molecular complexity index is 964. The number of carbonyl (C=O) groups is 1. The number of amides is 1. The van der Waals surface area contributed by atoms with Crippen LogP contribution < -0.4 is 4.74 Å². The van der Waals surface area contributed by atoms with Gasteiger partial charge in [-0.1, -0.05) is 30.8 Å². The number of thiazole rings is 1. The van der Waals surface area contributed by atoms with Gasteiger partial charge in [0.25, 0.3) is 5.88 Å². The molecule has 6 nitrogen and oxygen atoms in total. The Morgan fingerprint density at radius 2 is 2.25 bits per heavy atom. The monoisotopic (exact) mass is 418 g/mol. The molecule has 1 unspecified atom stereocenters. The van der Waals surface area contributed by atoms with Gasteiger partial charge in [-0.2, -0.15) is 9.37 Å². The third-order valence-electron chi connectivity index (χ3n) is 4.53. The molecule has 1 amide bonds. The lowest BCUT2D eigenvalue weighted by Gasteiger charge is -2.17. The van der Waals surface area contributed by atoms with Crippen molar-refractivity contribution < 1.29 is 13.9 Å². The fraction of sp³-hybridized carbons (Fsp3) is 0.368. The standard InChI is InChI=1S/C19H19FN4O2S2/c1-2-13-17(20)18(22-11-21-13)26-12-7-8-24(9-12)16(25)10-27-19-23-14-5-3-4-6-15(14)28-19/h3-6,11-12H,2,7-10H2,1H3. The Kier molecular flexibility index (Phi) is 5.72. The predicted molar refractivity (Wildman–Crippen MR) is 107 cm³/mol. The van der Waals surface area contributed by atoms with E-state index in [4.69, 9.17) is 4.74 Å². The molecule has 1 aliphatic heterocycles. The molecule has 3 aromatic rings. The number of fused-ring (bicyclic) bond motifs is 1. The zero-order valence-corrected chi connectivity index (χ0v) is 16.9. The molecule has 9 heteroatoms. The van der Waals surface area contributed by atoms with Crippen molar-refractivity contribution in [1.82, 2.24) is 19.9 Å². The van der Waals surface area contributed by atoms with Gasteiger partial charge in [0, 0.05) is 13.0 Å². The molecular formula is C19H19FN4O2S2. The van der Waals surface area contributed by atoms with Crippen molar-refractivity contribution in [3.8, 4) is 5.88 Å². The Hall–Kier alpha value is -2.26. The average Bonchev–Trinajstić information content (AvgIpc) is 3.34. The number of carbonyl (C=O) groups excluding carboxylic acids is 1. The number of likely N-dealkylation sites (tertiary alicyclic amines) is 1. The summed E-state index contributed by atoms with van der Waals surface area (Å²) in [5.74, 6) is -0.182. The number of aromatic nitrogens is 3. The van der Waals surface area contributed by atoms with E-state index < -0.39 is 5.82 Å². The van der Waals surface area contributed by atoms with Gasteiger partial charge in [0.05, 0.1) is 28.2 Å². The molecule has 0 saturated carbocycles. The zero-order chi connectivity index (χ0) is 19.5. The maximum absolute atomic E-state index is 14.2. The van der Waals surface area contributed by atoms with E-state index in [2.05, 4.69) is 15.0 Å². The lowest BCUT2D eigenvalue weighted by molar-refractivity contribution is -0.127. The van der Waals surface area contributed by atoms with Crippen LogP contribution in [0.1, 0.15) is 19.0 Å². The fourth-order valence-corrected chi connectivity index (χ4v) is 5.02. The van der Waals surface area contributed by atoms with E-state index in [0.29, 0.717) is 37.4 Å². The van der Waals surface area contributed by atoms with Crippen LogP contribution in [0.4, 0.5) is 4.39 Å². The topological polar surface area (TPSA) is 68.2 Å². The van der Waals surface area contributed by atoms with E-state index in [0.717, 1.165) is 14.6 Å². The van der Waals surface area contributed by atoms with E-state index in [1.54, 1.807) is 16.2 Å². The fourth-order valence-electron chi connectivity index (χ4n) is 3.05. The van der Waals surface area contributed by atoms with Gasteiger partial charge in [-0.3, -0.25) is 4.79 Å². The first kappa shape index (κ1) is 19.1. The van der Waals surface area contributed by atoms with Gasteiger partial charge in [-0.25, -0.2) is 9.97 Å². The molecular weight excluding hydrogens is 399 g/mol. The Balaban J connectivity index is 1.31. The molecule has 1 aromatic carbocycles. The van der Waals surface area contributed by atoms with Gasteiger partial charge in [0.1, 0.15) is 12.4 Å². The highest BCUT2D eigenvalue weighted by Gasteiger charge is 2.29. The first-order valence-corrected chi connectivity index (χ1v) is 10.9. The van der Waals surface area contributed by atoms with E-state index in [9.17, 15) is 9.18 Å². The highest BCUT2D eigenvalue weighted by atomic mass is 32.2. The van der Waals surface area contributed by atoms with Crippen molar-refractivity contribution >= 4 is 39.2 Å². The molecule has 0 aliphatic carbocycles. The van der Waals surface area contributed by atoms with E-state index in [-0.39, 0.29) is 17.9 Å². The summed E-state index contributed by atoms with van der Waals surface area (Å²) in [6.07, 6.45) is 2.18. The van der Waals surface area contributed by atoms with Crippen LogP contribution in [0.5, 0.6) is 5.88 Å². The minimum absolute atomic E-state index is 0.0324. The predicted octanol–water partition coefficient (Wildman–Crippen LogP) is 3.56. The number of ether oxygens (including phenoxy) is 1. The van der Waals surface area contributed by atoms with E-state index >= 15 is 0 Å². The molecule has 1 fully saturated rings. The molecule has 28 heavy (non-hydrogen) atoms. The van der Waals surface area contributed by atoms with Gasteiger partial charge < -0.3 is 9.64 Å². The normalized spacial score (nSPS) is 16.6. The Morgan fingerprint density at radius 3 is 3.07 bits per heavy atom. The van der Waals surface area contributed by atoms with E-state index in [1.165, 1.54) is 18.1 Å². The summed E-state index contributed by atoms with van der Waals surface area (Å²) in [6, 6.07) is 7.93. The number of rotatable bonds is 6. The summed E-state index contributed by atoms with van der Waals surface area (Å²) >= 11 is 3.04. The van der Waals surface area contributed by atoms with Crippen LogP contribution in [0.3, 0.4) is 0 Å². The van der Waals surface area contributed by atoms with Gasteiger partial charge in [0.2, 0.25) is 11.7 Å². The van der Waals surface area contributed by atoms with Gasteiger partial charge in [0.15, 0.2) is 4.34 Å². The maximum atomic E-state index is 14.2. The molecule has 0 spiro atoms. The number of nitrogens with zero attached hydrogens (tertiary/aromatic N) is 4. The van der Waals surface area contributed by atoms with Crippen molar-refractivity contribution in [3.05, 3.63) is 42.1 Å². The summed E-state index contributed by atoms with van der Waals surface area (Å²) in [7, 11) is 0. The summed E-state index contributed by atoms with van der Waals surface area (Å²) in [4.78, 5) is 26.6. The smallest absolute Gasteiger partial charge is 0.254 e. The second-order valence-electron chi connectivity index (χ2n) is 6.40. The molecule has 1 atom stereocenters. The third-order valence-corrected chi connectivity index (χ3v) is 6.70. The molecule has 0 N–H and O–H groups in total.